The lowest BCUT2D eigenvalue weighted by molar-refractivity contribution is 0.0729. The van der Waals surface area contributed by atoms with Crippen LogP contribution in [-0.4, -0.2) is 72.4 Å². The Morgan fingerprint density at radius 3 is 2.39 bits per heavy atom. The Kier molecular flexibility index (Phi) is 5.35. The molecule has 5 aromatic rings. The predicted octanol–water partition coefficient (Wildman–Crippen LogP) is 3.19. The van der Waals surface area contributed by atoms with Crippen molar-refractivity contribution in [1.82, 2.24) is 34.0 Å². The fourth-order valence-electron chi connectivity index (χ4n) is 4.56. The van der Waals surface area contributed by atoms with Gasteiger partial charge in [0.25, 0.3) is 0 Å². The molecular weight excluding hydrogens is 454 g/mol. The Balaban J connectivity index is 1.28. The first-order valence-electron chi connectivity index (χ1n) is 12.1. The molecule has 0 radical (unpaired) electrons. The van der Waals surface area contributed by atoms with Crippen LogP contribution < -0.4 is 10.2 Å². The monoisotopic (exact) mass is 483 g/mol. The van der Waals surface area contributed by atoms with E-state index in [2.05, 4.69) is 61.5 Å². The highest BCUT2D eigenvalue weighted by Crippen LogP contribution is 2.25. The quantitative estimate of drug-likeness (QED) is 0.393. The number of nitrogens with zero attached hydrogens (tertiary/aromatic N) is 8. The summed E-state index contributed by atoms with van der Waals surface area (Å²) in [4.78, 5) is 18.4. The van der Waals surface area contributed by atoms with Gasteiger partial charge in [-0.1, -0.05) is 0 Å². The molecule has 36 heavy (non-hydrogen) atoms. The molecule has 184 valence electrons. The molecule has 4 aromatic heterocycles. The van der Waals surface area contributed by atoms with Gasteiger partial charge in [-0.25, -0.2) is 14.6 Å². The first-order valence-corrected chi connectivity index (χ1v) is 12.1. The largest absolute Gasteiger partial charge is 0.384 e. The van der Waals surface area contributed by atoms with Gasteiger partial charge in [0.1, 0.15) is 11.2 Å². The number of hydrogen-bond donors (Lipinski definition) is 2. The van der Waals surface area contributed by atoms with Crippen molar-refractivity contribution in [2.24, 2.45) is 0 Å². The van der Waals surface area contributed by atoms with Crippen molar-refractivity contribution >= 4 is 34.0 Å². The van der Waals surface area contributed by atoms with Crippen molar-refractivity contribution in [3.05, 3.63) is 66.9 Å². The van der Waals surface area contributed by atoms with E-state index in [1.165, 1.54) is 5.69 Å². The van der Waals surface area contributed by atoms with Crippen molar-refractivity contribution in [3.63, 3.8) is 0 Å². The lowest BCUT2D eigenvalue weighted by atomic mass is 10.1. The number of fused-ring (bicyclic) bond motifs is 2. The molecule has 6 rings (SSSR count). The lowest BCUT2D eigenvalue weighted by Gasteiger charge is -2.34. The van der Waals surface area contributed by atoms with Crippen LogP contribution in [0.3, 0.4) is 0 Å². The number of likely N-dealkylation sites (N-methyl/N-ethyl adjacent to an activating group) is 1. The molecule has 10 nitrogen and oxygen atoms in total. The van der Waals surface area contributed by atoms with Crippen molar-refractivity contribution < 1.29 is 5.11 Å². The maximum absolute atomic E-state index is 10.5. The van der Waals surface area contributed by atoms with E-state index >= 15 is 0 Å². The second-order valence-corrected chi connectivity index (χ2v) is 9.81. The number of aromatic nitrogens is 6. The van der Waals surface area contributed by atoms with Gasteiger partial charge in [-0.3, -0.25) is 4.40 Å². The van der Waals surface area contributed by atoms with Crippen LogP contribution in [0.15, 0.2) is 61.2 Å². The van der Waals surface area contributed by atoms with Crippen molar-refractivity contribution in [2.45, 2.75) is 19.4 Å². The van der Waals surface area contributed by atoms with Gasteiger partial charge in [0.15, 0.2) is 5.65 Å². The fraction of sp³-hybridized carbons (Fsp3) is 0.308. The maximum Gasteiger partial charge on any atom is 0.229 e. The summed E-state index contributed by atoms with van der Waals surface area (Å²) in [5.41, 5.74) is 4.07. The number of nitrogens with one attached hydrogen (secondary N) is 1. The number of hydrogen-bond acceptors (Lipinski definition) is 8. The average Bonchev–Trinajstić information content (AvgIpc) is 3.49. The van der Waals surface area contributed by atoms with Gasteiger partial charge in [-0.2, -0.15) is 10.1 Å². The highest BCUT2D eigenvalue weighted by molar-refractivity contribution is 5.77. The van der Waals surface area contributed by atoms with Crippen LogP contribution >= 0.6 is 0 Å². The van der Waals surface area contributed by atoms with E-state index in [0.29, 0.717) is 17.3 Å². The SMILES string of the molecule is CN1CCN(c2ccc(Nc3ncc4cnn(-c5ccc6ncc(C(C)(C)O)n6c5)c4n3)cc2)CC1. The van der Waals surface area contributed by atoms with Crippen LogP contribution in [0.4, 0.5) is 17.3 Å². The Morgan fingerprint density at radius 2 is 1.64 bits per heavy atom. The second kappa shape index (κ2) is 8.58. The van der Waals surface area contributed by atoms with E-state index in [9.17, 15) is 5.11 Å². The molecule has 0 unspecified atom stereocenters. The number of imidazole rings is 1. The van der Waals surface area contributed by atoms with E-state index in [1.807, 2.05) is 22.7 Å². The fourth-order valence-corrected chi connectivity index (χ4v) is 4.56. The summed E-state index contributed by atoms with van der Waals surface area (Å²) in [6.07, 6.45) is 7.12. The van der Waals surface area contributed by atoms with Crippen LogP contribution in [-0.2, 0) is 5.60 Å². The third kappa shape index (κ3) is 4.14. The highest BCUT2D eigenvalue weighted by atomic mass is 16.3. The number of benzene rings is 1. The summed E-state index contributed by atoms with van der Waals surface area (Å²) in [6.45, 7) is 7.72. The molecule has 0 atom stereocenters. The van der Waals surface area contributed by atoms with Crippen molar-refractivity contribution in [1.29, 1.82) is 0 Å². The third-order valence-corrected chi connectivity index (χ3v) is 6.66. The topological polar surface area (TPSA) is 99.6 Å². The Morgan fingerprint density at radius 1 is 0.889 bits per heavy atom. The van der Waals surface area contributed by atoms with Gasteiger partial charge in [0, 0.05) is 49.9 Å². The van der Waals surface area contributed by atoms with Gasteiger partial charge < -0.3 is 20.2 Å². The molecule has 0 bridgehead atoms. The third-order valence-electron chi connectivity index (χ3n) is 6.66. The summed E-state index contributed by atoms with van der Waals surface area (Å²) in [5, 5.41) is 19.2. The number of rotatable bonds is 5. The van der Waals surface area contributed by atoms with Crippen molar-refractivity contribution in [2.75, 3.05) is 43.4 Å². The smallest absolute Gasteiger partial charge is 0.229 e. The van der Waals surface area contributed by atoms with Gasteiger partial charge in [-0.15, -0.1) is 0 Å². The highest BCUT2D eigenvalue weighted by Gasteiger charge is 2.21. The van der Waals surface area contributed by atoms with E-state index in [4.69, 9.17) is 4.98 Å². The Hall–Kier alpha value is -4.02. The molecule has 1 saturated heterocycles. The molecule has 1 fully saturated rings. The Labute approximate surface area is 208 Å². The molecule has 2 N–H and O–H groups in total. The van der Waals surface area contributed by atoms with E-state index < -0.39 is 5.60 Å². The van der Waals surface area contributed by atoms with Crippen LogP contribution in [0.5, 0.6) is 0 Å². The minimum atomic E-state index is -1.02. The standard InChI is InChI=1S/C26H29N9O/c1-26(2,36)22-16-27-23-9-8-21(17-34(22)23)35-24-18(15-29-35)14-28-25(31-24)30-19-4-6-20(7-5-19)33-12-10-32(3)11-13-33/h4-9,14-17,36H,10-13H2,1-3H3,(H,28,30,31). The summed E-state index contributed by atoms with van der Waals surface area (Å²) in [6, 6.07) is 12.2. The van der Waals surface area contributed by atoms with Crippen LogP contribution in [0.1, 0.15) is 19.5 Å². The molecule has 1 aromatic carbocycles. The van der Waals surface area contributed by atoms with Crippen LogP contribution in [0.2, 0.25) is 0 Å². The number of aliphatic hydroxyl groups is 1. The summed E-state index contributed by atoms with van der Waals surface area (Å²) in [5.74, 6) is 0.498. The molecule has 0 amide bonds. The summed E-state index contributed by atoms with van der Waals surface area (Å²) >= 11 is 0. The van der Waals surface area contributed by atoms with Crippen LogP contribution in [0.25, 0.3) is 22.4 Å². The van der Waals surface area contributed by atoms with Crippen LogP contribution in [0, 0.1) is 0 Å². The molecule has 0 saturated carbocycles. The zero-order valence-electron chi connectivity index (χ0n) is 20.6. The van der Waals surface area contributed by atoms with Crippen molar-refractivity contribution in [3.8, 4) is 5.69 Å². The number of piperazine rings is 1. The molecule has 0 spiro atoms. The second-order valence-electron chi connectivity index (χ2n) is 9.81. The number of pyridine rings is 1. The first kappa shape index (κ1) is 22.4. The zero-order chi connectivity index (χ0) is 24.9. The lowest BCUT2D eigenvalue weighted by Crippen LogP contribution is -2.44. The van der Waals surface area contributed by atoms with E-state index in [0.717, 1.165) is 48.6 Å². The normalized spacial score (nSPS) is 15.2. The molecule has 0 aliphatic carbocycles. The molecule has 1 aliphatic rings. The van der Waals surface area contributed by atoms with Gasteiger partial charge in [0.05, 0.1) is 29.2 Å². The molecule has 10 heteroatoms. The summed E-state index contributed by atoms with van der Waals surface area (Å²) in [7, 11) is 2.16. The average molecular weight is 484 g/mol. The van der Waals surface area contributed by atoms with E-state index in [1.54, 1.807) is 37.1 Å². The molecular formula is C26H29N9O. The first-order chi connectivity index (χ1) is 17.3. The van der Waals surface area contributed by atoms with E-state index in [-0.39, 0.29) is 0 Å². The minimum absolute atomic E-state index is 0.498. The molecule has 5 heterocycles. The molecule has 1 aliphatic heterocycles. The summed E-state index contributed by atoms with van der Waals surface area (Å²) < 4.78 is 3.65. The predicted molar refractivity (Wildman–Crippen MR) is 140 cm³/mol. The Bertz CT molecular complexity index is 1520. The maximum atomic E-state index is 10.5. The van der Waals surface area contributed by atoms with Gasteiger partial charge in [0.2, 0.25) is 5.95 Å². The minimum Gasteiger partial charge on any atom is -0.384 e. The zero-order valence-corrected chi connectivity index (χ0v) is 20.6. The van der Waals surface area contributed by atoms with Gasteiger partial charge >= 0.3 is 0 Å². The van der Waals surface area contributed by atoms with Gasteiger partial charge in [-0.05, 0) is 57.3 Å². The number of anilines is 3.